The van der Waals surface area contributed by atoms with Crippen LogP contribution in [0.5, 0.6) is 0 Å². The van der Waals surface area contributed by atoms with Crippen molar-refractivity contribution in [1.82, 2.24) is 10.2 Å². The number of hydrogen-bond donors (Lipinski definition) is 1. The number of sulfonamides is 1. The minimum Gasteiger partial charge on any atom is -0.354 e. The van der Waals surface area contributed by atoms with Gasteiger partial charge < -0.3 is 10.2 Å². The van der Waals surface area contributed by atoms with Gasteiger partial charge in [-0.1, -0.05) is 35.4 Å². The first-order valence-corrected chi connectivity index (χ1v) is 12.0. The molecule has 30 heavy (non-hydrogen) atoms. The monoisotopic (exact) mass is 449 g/mol. The van der Waals surface area contributed by atoms with Crippen LogP contribution >= 0.6 is 11.6 Å². The fourth-order valence-corrected chi connectivity index (χ4v) is 5.10. The molecule has 1 saturated heterocycles. The molecule has 0 saturated carbocycles. The average Bonchev–Trinajstić information content (AvgIpc) is 3.23. The van der Waals surface area contributed by atoms with E-state index in [1.807, 2.05) is 6.92 Å². The van der Waals surface area contributed by atoms with Crippen LogP contribution in [-0.4, -0.2) is 51.9 Å². The second-order valence-corrected chi connectivity index (χ2v) is 9.86. The molecule has 6 nitrogen and oxygen atoms in total. The minimum atomic E-state index is -3.92. The van der Waals surface area contributed by atoms with Crippen LogP contribution in [-0.2, 0) is 14.8 Å². The van der Waals surface area contributed by atoms with Gasteiger partial charge in [0.05, 0.1) is 10.6 Å². The molecule has 0 unspecified atom stereocenters. The van der Waals surface area contributed by atoms with Gasteiger partial charge in [0.15, 0.2) is 0 Å². The molecule has 2 aromatic rings. The summed E-state index contributed by atoms with van der Waals surface area (Å²) >= 11 is 6.08. The van der Waals surface area contributed by atoms with E-state index in [1.54, 1.807) is 48.5 Å². The Labute approximate surface area is 183 Å². The molecule has 0 atom stereocenters. The zero-order valence-electron chi connectivity index (χ0n) is 17.2. The van der Waals surface area contributed by atoms with Crippen molar-refractivity contribution < 1.29 is 13.2 Å². The van der Waals surface area contributed by atoms with Crippen LogP contribution in [0, 0.1) is 6.92 Å². The van der Waals surface area contributed by atoms with E-state index in [-0.39, 0.29) is 17.3 Å². The number of rotatable bonds is 9. The zero-order chi connectivity index (χ0) is 21.6. The molecular weight excluding hydrogens is 422 g/mol. The summed E-state index contributed by atoms with van der Waals surface area (Å²) in [6, 6.07) is 13.1. The number of aryl methyl sites for hydroxylation is 1. The van der Waals surface area contributed by atoms with Crippen molar-refractivity contribution in [1.29, 1.82) is 0 Å². The van der Waals surface area contributed by atoms with Crippen molar-refractivity contribution in [2.45, 2.75) is 31.1 Å². The molecule has 0 aliphatic carbocycles. The Balaban J connectivity index is 1.71. The molecule has 2 aromatic carbocycles. The van der Waals surface area contributed by atoms with Crippen LogP contribution in [0.2, 0.25) is 5.02 Å². The third-order valence-corrected chi connectivity index (χ3v) is 7.19. The van der Waals surface area contributed by atoms with Crippen molar-refractivity contribution in [3.8, 4) is 0 Å². The highest BCUT2D eigenvalue weighted by Crippen LogP contribution is 2.26. The smallest absolute Gasteiger partial charge is 0.264 e. The largest absolute Gasteiger partial charge is 0.354 e. The summed E-state index contributed by atoms with van der Waals surface area (Å²) in [7, 11) is -3.92. The highest BCUT2D eigenvalue weighted by atomic mass is 35.5. The lowest BCUT2D eigenvalue weighted by atomic mass is 10.2. The summed E-state index contributed by atoms with van der Waals surface area (Å²) in [6.45, 7) is 5.28. The molecule has 0 aromatic heterocycles. The number of nitrogens with one attached hydrogen (secondary N) is 1. The van der Waals surface area contributed by atoms with Gasteiger partial charge in [-0.3, -0.25) is 9.10 Å². The minimum absolute atomic E-state index is 0.134. The molecule has 0 spiro atoms. The van der Waals surface area contributed by atoms with Crippen molar-refractivity contribution in [3.05, 3.63) is 59.1 Å². The molecule has 1 aliphatic heterocycles. The van der Waals surface area contributed by atoms with Crippen molar-refractivity contribution >= 4 is 33.2 Å². The van der Waals surface area contributed by atoms with E-state index in [1.165, 1.54) is 12.8 Å². The molecule has 0 bridgehead atoms. The predicted octanol–water partition coefficient (Wildman–Crippen LogP) is 3.45. The van der Waals surface area contributed by atoms with Crippen LogP contribution in [0.3, 0.4) is 0 Å². The van der Waals surface area contributed by atoms with Gasteiger partial charge in [-0.05, 0) is 76.2 Å². The number of carbonyl (C=O) groups excluding carboxylic acids is 1. The van der Waals surface area contributed by atoms with Gasteiger partial charge in [0, 0.05) is 11.6 Å². The second kappa shape index (κ2) is 10.3. The van der Waals surface area contributed by atoms with Crippen molar-refractivity contribution in [2.24, 2.45) is 0 Å². The molecule has 1 aliphatic rings. The fraction of sp³-hybridized carbons (Fsp3) is 0.409. The molecule has 162 valence electrons. The number of nitrogens with zero attached hydrogens (tertiary/aromatic N) is 2. The van der Waals surface area contributed by atoms with Crippen LogP contribution in [0.15, 0.2) is 53.4 Å². The molecular formula is C22H28ClN3O3S. The SMILES string of the molecule is Cc1ccc(S(=O)(=O)N(CC(=O)NCCCN2CCCC2)c2cccc(Cl)c2)cc1. The van der Waals surface area contributed by atoms with Crippen LogP contribution in [0.25, 0.3) is 0 Å². The third kappa shape index (κ3) is 5.97. The first-order chi connectivity index (χ1) is 14.4. The Morgan fingerprint density at radius 2 is 1.83 bits per heavy atom. The van der Waals surface area contributed by atoms with E-state index >= 15 is 0 Å². The molecule has 3 rings (SSSR count). The van der Waals surface area contributed by atoms with Crippen molar-refractivity contribution in [2.75, 3.05) is 37.0 Å². The fourth-order valence-electron chi connectivity index (χ4n) is 3.51. The maximum Gasteiger partial charge on any atom is 0.264 e. The maximum atomic E-state index is 13.3. The number of anilines is 1. The highest BCUT2D eigenvalue weighted by Gasteiger charge is 2.27. The van der Waals surface area contributed by atoms with Gasteiger partial charge in [-0.2, -0.15) is 0 Å². The van der Waals surface area contributed by atoms with Crippen LogP contribution in [0.1, 0.15) is 24.8 Å². The third-order valence-electron chi connectivity index (χ3n) is 5.16. The first-order valence-electron chi connectivity index (χ1n) is 10.2. The first kappa shape index (κ1) is 22.6. The van der Waals surface area contributed by atoms with Gasteiger partial charge in [-0.25, -0.2) is 8.42 Å². The Hall–Kier alpha value is -2.09. The molecule has 0 radical (unpaired) electrons. The van der Waals surface area contributed by atoms with E-state index in [2.05, 4.69) is 10.2 Å². The van der Waals surface area contributed by atoms with Crippen LogP contribution < -0.4 is 9.62 Å². The normalized spacial score (nSPS) is 14.6. The number of hydrogen-bond acceptors (Lipinski definition) is 4. The summed E-state index contributed by atoms with van der Waals surface area (Å²) in [6.07, 6.45) is 3.31. The molecule has 1 N–H and O–H groups in total. The maximum absolute atomic E-state index is 13.3. The standard InChI is InChI=1S/C22H28ClN3O3S/c1-18-8-10-21(11-9-18)30(28,29)26(20-7-4-6-19(23)16-20)17-22(27)24-12-5-15-25-13-2-3-14-25/h4,6-11,16H,2-3,5,12-15,17H2,1H3,(H,24,27). The lowest BCUT2D eigenvalue weighted by Crippen LogP contribution is -2.41. The molecule has 1 amide bonds. The summed E-state index contributed by atoms with van der Waals surface area (Å²) in [5, 5.41) is 3.25. The lowest BCUT2D eigenvalue weighted by Gasteiger charge is -2.24. The molecule has 1 fully saturated rings. The lowest BCUT2D eigenvalue weighted by molar-refractivity contribution is -0.119. The number of benzene rings is 2. The quantitative estimate of drug-likeness (QED) is 0.595. The summed E-state index contributed by atoms with van der Waals surface area (Å²) in [4.78, 5) is 15.1. The topological polar surface area (TPSA) is 69.7 Å². The number of halogens is 1. The van der Waals surface area contributed by atoms with E-state index in [4.69, 9.17) is 11.6 Å². The number of carbonyl (C=O) groups is 1. The number of amides is 1. The highest BCUT2D eigenvalue weighted by molar-refractivity contribution is 7.92. The van der Waals surface area contributed by atoms with E-state index in [9.17, 15) is 13.2 Å². The average molecular weight is 450 g/mol. The molecule has 8 heteroatoms. The van der Waals surface area contributed by atoms with Gasteiger partial charge in [0.25, 0.3) is 10.0 Å². The van der Waals surface area contributed by atoms with Crippen molar-refractivity contribution in [3.63, 3.8) is 0 Å². The number of likely N-dealkylation sites (tertiary alicyclic amines) is 1. The Morgan fingerprint density at radius 3 is 2.50 bits per heavy atom. The van der Waals surface area contributed by atoms with Gasteiger partial charge in [0.2, 0.25) is 5.91 Å². The summed E-state index contributed by atoms with van der Waals surface area (Å²) < 4.78 is 27.7. The Kier molecular flexibility index (Phi) is 7.75. The zero-order valence-corrected chi connectivity index (χ0v) is 18.8. The summed E-state index contributed by atoms with van der Waals surface area (Å²) in [5.41, 5.74) is 1.31. The van der Waals surface area contributed by atoms with E-state index in [0.717, 1.165) is 35.9 Å². The Bertz CT molecular complexity index is 958. The van der Waals surface area contributed by atoms with Gasteiger partial charge >= 0.3 is 0 Å². The molecule has 1 heterocycles. The van der Waals surface area contributed by atoms with Gasteiger partial charge in [0.1, 0.15) is 6.54 Å². The van der Waals surface area contributed by atoms with Crippen LogP contribution in [0.4, 0.5) is 5.69 Å². The second-order valence-electron chi connectivity index (χ2n) is 7.56. The Morgan fingerprint density at radius 1 is 1.13 bits per heavy atom. The predicted molar refractivity (Wildman–Crippen MR) is 120 cm³/mol. The van der Waals surface area contributed by atoms with E-state index < -0.39 is 10.0 Å². The van der Waals surface area contributed by atoms with E-state index in [0.29, 0.717) is 17.3 Å². The van der Waals surface area contributed by atoms with Gasteiger partial charge in [-0.15, -0.1) is 0 Å². The summed E-state index contributed by atoms with van der Waals surface area (Å²) in [5.74, 6) is -0.341.